The molecule has 0 aliphatic heterocycles. The van der Waals surface area contributed by atoms with Crippen molar-refractivity contribution in [2.75, 3.05) is 7.05 Å². The fraction of sp³-hybridized carbons (Fsp3) is 0.471. The van der Waals surface area contributed by atoms with Crippen LogP contribution >= 0.6 is 0 Å². The van der Waals surface area contributed by atoms with Crippen molar-refractivity contribution in [1.29, 1.82) is 0 Å². The maximum absolute atomic E-state index is 12.9. The monoisotopic (exact) mass is 305 g/mol. The van der Waals surface area contributed by atoms with Crippen molar-refractivity contribution in [3.63, 3.8) is 0 Å². The Labute approximate surface area is 131 Å². The first-order chi connectivity index (χ1) is 10.6. The SMILES string of the molecule is CNCc1cc(OCc2ccc(F)cc2)n(CCC(C)C)n1. The van der Waals surface area contributed by atoms with E-state index in [1.54, 1.807) is 12.1 Å². The van der Waals surface area contributed by atoms with Gasteiger partial charge in [0.05, 0.1) is 5.69 Å². The van der Waals surface area contributed by atoms with Gasteiger partial charge in [-0.2, -0.15) is 5.10 Å². The molecule has 2 aromatic rings. The summed E-state index contributed by atoms with van der Waals surface area (Å²) >= 11 is 0. The number of ether oxygens (including phenoxy) is 1. The fourth-order valence-electron chi connectivity index (χ4n) is 2.11. The second-order valence-electron chi connectivity index (χ2n) is 5.83. The lowest BCUT2D eigenvalue weighted by Gasteiger charge is -2.10. The van der Waals surface area contributed by atoms with Gasteiger partial charge in [0.2, 0.25) is 5.88 Å². The predicted molar refractivity (Wildman–Crippen MR) is 85.2 cm³/mol. The van der Waals surface area contributed by atoms with Gasteiger partial charge in [-0.05, 0) is 37.1 Å². The minimum atomic E-state index is -0.234. The van der Waals surface area contributed by atoms with Gasteiger partial charge in [-0.3, -0.25) is 0 Å². The van der Waals surface area contributed by atoms with Crippen LogP contribution in [0.4, 0.5) is 4.39 Å². The molecule has 0 aliphatic rings. The second kappa shape index (κ2) is 7.94. The molecule has 0 amide bonds. The molecule has 1 N–H and O–H groups in total. The van der Waals surface area contributed by atoms with Gasteiger partial charge < -0.3 is 10.1 Å². The van der Waals surface area contributed by atoms with Crippen molar-refractivity contribution < 1.29 is 9.13 Å². The first kappa shape index (κ1) is 16.5. The molecule has 0 bridgehead atoms. The molecule has 0 spiro atoms. The number of nitrogens with one attached hydrogen (secondary N) is 1. The van der Waals surface area contributed by atoms with Gasteiger partial charge in [-0.15, -0.1) is 0 Å². The topological polar surface area (TPSA) is 39.1 Å². The Balaban J connectivity index is 2.04. The van der Waals surface area contributed by atoms with Crippen LogP contribution in [0.15, 0.2) is 30.3 Å². The molecule has 120 valence electrons. The van der Waals surface area contributed by atoms with E-state index in [0.717, 1.165) is 30.1 Å². The summed E-state index contributed by atoms with van der Waals surface area (Å²) in [5.41, 5.74) is 1.90. The summed E-state index contributed by atoms with van der Waals surface area (Å²) in [5, 5.41) is 7.66. The number of nitrogens with zero attached hydrogens (tertiary/aromatic N) is 2. The number of aryl methyl sites for hydroxylation is 1. The Hall–Kier alpha value is -1.88. The lowest BCUT2D eigenvalue weighted by Crippen LogP contribution is -2.09. The molecule has 2 rings (SSSR count). The number of hydrogen-bond acceptors (Lipinski definition) is 3. The van der Waals surface area contributed by atoms with Gasteiger partial charge in [0.25, 0.3) is 0 Å². The average molecular weight is 305 g/mol. The van der Waals surface area contributed by atoms with Gasteiger partial charge in [-0.1, -0.05) is 26.0 Å². The molecular formula is C17H24FN3O. The standard InChI is InChI=1S/C17H24FN3O/c1-13(2)8-9-21-17(10-16(20-21)11-19-3)22-12-14-4-6-15(18)7-5-14/h4-7,10,13,19H,8-9,11-12H2,1-3H3. The predicted octanol–water partition coefficient (Wildman–Crippen LogP) is 3.37. The number of halogens is 1. The van der Waals surface area contributed by atoms with E-state index in [0.29, 0.717) is 19.1 Å². The number of benzene rings is 1. The highest BCUT2D eigenvalue weighted by atomic mass is 19.1. The van der Waals surface area contributed by atoms with Crippen molar-refractivity contribution in [3.05, 3.63) is 47.4 Å². The number of aromatic nitrogens is 2. The van der Waals surface area contributed by atoms with Crippen LogP contribution in [0.3, 0.4) is 0 Å². The highest BCUT2D eigenvalue weighted by molar-refractivity contribution is 5.19. The van der Waals surface area contributed by atoms with E-state index in [1.165, 1.54) is 12.1 Å². The van der Waals surface area contributed by atoms with Crippen LogP contribution in [-0.4, -0.2) is 16.8 Å². The molecule has 0 radical (unpaired) electrons. The van der Waals surface area contributed by atoms with Crippen LogP contribution in [0.1, 0.15) is 31.5 Å². The zero-order valence-corrected chi connectivity index (χ0v) is 13.5. The summed E-state index contributed by atoms with van der Waals surface area (Å²) in [6, 6.07) is 8.32. The molecular weight excluding hydrogens is 281 g/mol. The zero-order chi connectivity index (χ0) is 15.9. The summed E-state index contributed by atoms with van der Waals surface area (Å²) < 4.78 is 20.7. The van der Waals surface area contributed by atoms with E-state index in [4.69, 9.17) is 4.74 Å². The van der Waals surface area contributed by atoms with Crippen molar-refractivity contribution in [2.24, 2.45) is 5.92 Å². The van der Waals surface area contributed by atoms with E-state index >= 15 is 0 Å². The molecule has 0 atom stereocenters. The molecule has 22 heavy (non-hydrogen) atoms. The second-order valence-corrected chi connectivity index (χ2v) is 5.83. The lowest BCUT2D eigenvalue weighted by atomic mass is 10.1. The van der Waals surface area contributed by atoms with Crippen LogP contribution in [-0.2, 0) is 19.7 Å². The summed E-state index contributed by atoms with van der Waals surface area (Å²) in [7, 11) is 1.90. The Morgan fingerprint density at radius 2 is 2.00 bits per heavy atom. The molecule has 4 nitrogen and oxygen atoms in total. The fourth-order valence-corrected chi connectivity index (χ4v) is 2.11. The van der Waals surface area contributed by atoms with Crippen LogP contribution < -0.4 is 10.1 Å². The number of hydrogen-bond donors (Lipinski definition) is 1. The number of rotatable bonds is 8. The Morgan fingerprint density at radius 1 is 1.27 bits per heavy atom. The Morgan fingerprint density at radius 3 is 2.64 bits per heavy atom. The molecule has 5 heteroatoms. The summed E-state index contributed by atoms with van der Waals surface area (Å²) in [6.07, 6.45) is 1.05. The van der Waals surface area contributed by atoms with Crippen molar-refractivity contribution in [3.8, 4) is 5.88 Å². The molecule has 0 aliphatic carbocycles. The zero-order valence-electron chi connectivity index (χ0n) is 13.5. The van der Waals surface area contributed by atoms with Crippen LogP contribution in [0, 0.1) is 11.7 Å². The van der Waals surface area contributed by atoms with E-state index < -0.39 is 0 Å². The Kier molecular flexibility index (Phi) is 5.95. The average Bonchev–Trinajstić information content (AvgIpc) is 2.87. The molecule has 0 saturated carbocycles. The largest absolute Gasteiger partial charge is 0.473 e. The lowest BCUT2D eigenvalue weighted by molar-refractivity contribution is 0.268. The maximum Gasteiger partial charge on any atom is 0.212 e. The van der Waals surface area contributed by atoms with Crippen molar-refractivity contribution in [2.45, 2.75) is 40.0 Å². The van der Waals surface area contributed by atoms with E-state index in [-0.39, 0.29) is 5.82 Å². The summed E-state index contributed by atoms with van der Waals surface area (Å²) in [4.78, 5) is 0. The van der Waals surface area contributed by atoms with E-state index in [9.17, 15) is 4.39 Å². The highest BCUT2D eigenvalue weighted by Gasteiger charge is 2.10. The Bertz CT molecular complexity index is 578. The highest BCUT2D eigenvalue weighted by Crippen LogP contribution is 2.17. The molecule has 1 heterocycles. The van der Waals surface area contributed by atoms with E-state index in [1.807, 2.05) is 17.8 Å². The summed E-state index contributed by atoms with van der Waals surface area (Å²) in [5.74, 6) is 1.14. The minimum absolute atomic E-state index is 0.234. The quantitative estimate of drug-likeness (QED) is 0.813. The first-order valence-corrected chi connectivity index (χ1v) is 7.67. The molecule has 1 aromatic carbocycles. The molecule has 0 saturated heterocycles. The van der Waals surface area contributed by atoms with Crippen molar-refractivity contribution >= 4 is 0 Å². The van der Waals surface area contributed by atoms with Gasteiger partial charge in [0, 0.05) is 19.2 Å². The maximum atomic E-state index is 12.9. The summed E-state index contributed by atoms with van der Waals surface area (Å²) in [6.45, 7) is 6.34. The molecule has 1 aromatic heterocycles. The van der Waals surface area contributed by atoms with Gasteiger partial charge in [0.15, 0.2) is 0 Å². The van der Waals surface area contributed by atoms with E-state index in [2.05, 4.69) is 24.3 Å². The third-order valence-electron chi connectivity index (χ3n) is 3.37. The van der Waals surface area contributed by atoms with Gasteiger partial charge >= 0.3 is 0 Å². The molecule has 0 unspecified atom stereocenters. The normalized spacial score (nSPS) is 11.1. The van der Waals surface area contributed by atoms with Crippen LogP contribution in [0.2, 0.25) is 0 Å². The van der Waals surface area contributed by atoms with Crippen LogP contribution in [0.5, 0.6) is 5.88 Å². The third-order valence-corrected chi connectivity index (χ3v) is 3.37. The van der Waals surface area contributed by atoms with Crippen LogP contribution in [0.25, 0.3) is 0 Å². The minimum Gasteiger partial charge on any atom is -0.473 e. The van der Waals surface area contributed by atoms with Gasteiger partial charge in [-0.25, -0.2) is 9.07 Å². The molecule has 0 fully saturated rings. The smallest absolute Gasteiger partial charge is 0.212 e. The first-order valence-electron chi connectivity index (χ1n) is 7.67. The van der Waals surface area contributed by atoms with Gasteiger partial charge in [0.1, 0.15) is 12.4 Å². The third kappa shape index (κ3) is 4.84. The van der Waals surface area contributed by atoms with Crippen molar-refractivity contribution in [1.82, 2.24) is 15.1 Å².